The van der Waals surface area contributed by atoms with Gasteiger partial charge in [0.1, 0.15) is 12.1 Å². The van der Waals surface area contributed by atoms with E-state index in [0.29, 0.717) is 5.88 Å². The normalized spacial score (nSPS) is 10.2. The molecule has 0 N–H and O–H groups in total. The maximum absolute atomic E-state index is 5.14. The number of benzene rings is 1. The van der Waals surface area contributed by atoms with E-state index < -0.39 is 0 Å². The van der Waals surface area contributed by atoms with Crippen LogP contribution in [0.25, 0.3) is 0 Å². The first-order chi connectivity index (χ1) is 9.33. The summed E-state index contributed by atoms with van der Waals surface area (Å²) in [5.41, 5.74) is 1.25. The molecule has 0 atom stereocenters. The maximum atomic E-state index is 5.14. The van der Waals surface area contributed by atoms with Crippen molar-refractivity contribution in [1.82, 2.24) is 9.97 Å². The largest absolute Gasteiger partial charge is 0.481 e. The fourth-order valence-electron chi connectivity index (χ4n) is 1.79. The number of methoxy groups -OCH3 is 1. The van der Waals surface area contributed by atoms with E-state index in [4.69, 9.17) is 4.74 Å². The topological polar surface area (TPSA) is 38.2 Å². The van der Waals surface area contributed by atoms with Crippen molar-refractivity contribution < 1.29 is 4.74 Å². The first-order valence-electron chi connectivity index (χ1n) is 6.04. The summed E-state index contributed by atoms with van der Waals surface area (Å²) >= 11 is 3.48. The van der Waals surface area contributed by atoms with Gasteiger partial charge in [-0.25, -0.2) is 9.97 Å². The predicted molar refractivity (Wildman–Crippen MR) is 79.9 cm³/mol. The number of aromatic nitrogens is 2. The van der Waals surface area contributed by atoms with Crippen molar-refractivity contribution in [3.8, 4) is 5.88 Å². The second-order valence-electron chi connectivity index (χ2n) is 4.01. The molecule has 2 rings (SSSR count). The van der Waals surface area contributed by atoms with Gasteiger partial charge >= 0.3 is 0 Å². The Morgan fingerprint density at radius 1 is 1.21 bits per heavy atom. The van der Waals surface area contributed by atoms with E-state index in [9.17, 15) is 0 Å². The monoisotopic (exact) mass is 321 g/mol. The summed E-state index contributed by atoms with van der Waals surface area (Å²) in [7, 11) is 1.61. The van der Waals surface area contributed by atoms with Gasteiger partial charge in [0.25, 0.3) is 0 Å². The zero-order valence-electron chi connectivity index (χ0n) is 10.8. The molecule has 0 aliphatic carbocycles. The lowest BCUT2D eigenvalue weighted by Crippen LogP contribution is -2.25. The molecule has 0 aliphatic heterocycles. The summed E-state index contributed by atoms with van der Waals surface area (Å²) in [6.07, 6.45) is 1.53. The number of alkyl halides is 1. The van der Waals surface area contributed by atoms with E-state index in [1.807, 2.05) is 24.3 Å². The Kier molecular flexibility index (Phi) is 5.15. The van der Waals surface area contributed by atoms with Crippen LogP contribution in [0.15, 0.2) is 42.7 Å². The summed E-state index contributed by atoms with van der Waals surface area (Å²) in [5.74, 6) is 1.45. The minimum absolute atomic E-state index is 0.581. The molecule has 0 bridgehead atoms. The van der Waals surface area contributed by atoms with Crippen LogP contribution in [0.5, 0.6) is 5.88 Å². The minimum atomic E-state index is 0.581. The Morgan fingerprint density at radius 3 is 2.68 bits per heavy atom. The van der Waals surface area contributed by atoms with Gasteiger partial charge in [0.15, 0.2) is 0 Å². The third kappa shape index (κ3) is 3.92. The van der Waals surface area contributed by atoms with Crippen molar-refractivity contribution in [2.75, 3.05) is 23.9 Å². The second-order valence-corrected chi connectivity index (χ2v) is 4.81. The lowest BCUT2D eigenvalue weighted by Gasteiger charge is -2.23. The smallest absolute Gasteiger partial charge is 0.218 e. The fourth-order valence-corrected chi connectivity index (χ4v) is 2.22. The Hall–Kier alpha value is -1.62. The van der Waals surface area contributed by atoms with Crippen LogP contribution in [0.4, 0.5) is 5.82 Å². The van der Waals surface area contributed by atoms with Crippen molar-refractivity contribution in [2.45, 2.75) is 6.54 Å². The van der Waals surface area contributed by atoms with E-state index >= 15 is 0 Å². The van der Waals surface area contributed by atoms with Crippen LogP contribution < -0.4 is 9.64 Å². The predicted octanol–water partition coefficient (Wildman–Crippen LogP) is 2.89. The van der Waals surface area contributed by atoms with Gasteiger partial charge in [-0.1, -0.05) is 46.3 Å². The van der Waals surface area contributed by atoms with Crippen LogP contribution in [0.1, 0.15) is 5.56 Å². The summed E-state index contributed by atoms with van der Waals surface area (Å²) in [6, 6.07) is 12.2. The third-order valence-corrected chi connectivity index (χ3v) is 3.09. The highest BCUT2D eigenvalue weighted by Gasteiger charge is 2.09. The van der Waals surface area contributed by atoms with Gasteiger partial charge in [0.2, 0.25) is 5.88 Å². The highest BCUT2D eigenvalue weighted by atomic mass is 79.9. The van der Waals surface area contributed by atoms with Crippen molar-refractivity contribution in [3.05, 3.63) is 48.3 Å². The molecule has 0 spiro atoms. The van der Waals surface area contributed by atoms with E-state index in [-0.39, 0.29) is 0 Å². The molecule has 0 radical (unpaired) electrons. The number of anilines is 1. The van der Waals surface area contributed by atoms with Gasteiger partial charge in [0.05, 0.1) is 7.11 Å². The molecule has 100 valence electrons. The standard InChI is InChI=1S/C14H16BrN3O/c1-19-14-9-13(16-11-17-14)18(8-7-15)10-12-5-3-2-4-6-12/h2-6,9,11H,7-8,10H2,1H3. The van der Waals surface area contributed by atoms with Crippen LogP contribution in [-0.4, -0.2) is 29.0 Å². The zero-order valence-corrected chi connectivity index (χ0v) is 12.4. The van der Waals surface area contributed by atoms with Gasteiger partial charge in [0, 0.05) is 24.5 Å². The molecular weight excluding hydrogens is 306 g/mol. The van der Waals surface area contributed by atoms with Crippen molar-refractivity contribution >= 4 is 21.7 Å². The van der Waals surface area contributed by atoms with E-state index in [2.05, 4.69) is 42.9 Å². The summed E-state index contributed by atoms with van der Waals surface area (Å²) in [5, 5.41) is 0.881. The molecule has 5 heteroatoms. The van der Waals surface area contributed by atoms with Crippen molar-refractivity contribution in [1.29, 1.82) is 0 Å². The molecule has 4 nitrogen and oxygen atoms in total. The van der Waals surface area contributed by atoms with Crippen LogP contribution in [0.2, 0.25) is 0 Å². The maximum Gasteiger partial charge on any atom is 0.218 e. The lowest BCUT2D eigenvalue weighted by molar-refractivity contribution is 0.396. The Labute approximate surface area is 121 Å². The average Bonchev–Trinajstić information content (AvgIpc) is 2.48. The SMILES string of the molecule is COc1cc(N(CCBr)Cc2ccccc2)ncn1. The molecule has 0 aliphatic rings. The summed E-state index contributed by atoms with van der Waals surface area (Å²) < 4.78 is 5.14. The highest BCUT2D eigenvalue weighted by Crippen LogP contribution is 2.18. The molecule has 0 amide bonds. The van der Waals surface area contributed by atoms with Crippen LogP contribution in [0, 0.1) is 0 Å². The van der Waals surface area contributed by atoms with Gasteiger partial charge in [-0.05, 0) is 5.56 Å². The molecule has 0 fully saturated rings. The average molecular weight is 322 g/mol. The minimum Gasteiger partial charge on any atom is -0.481 e. The zero-order chi connectivity index (χ0) is 13.5. The van der Waals surface area contributed by atoms with Gasteiger partial charge in [-0.3, -0.25) is 0 Å². The number of rotatable bonds is 6. The first-order valence-corrected chi connectivity index (χ1v) is 7.16. The number of ether oxygens (including phenoxy) is 1. The molecular formula is C14H16BrN3O. The quantitative estimate of drug-likeness (QED) is 0.767. The van der Waals surface area contributed by atoms with Crippen molar-refractivity contribution in [3.63, 3.8) is 0 Å². The van der Waals surface area contributed by atoms with Crippen LogP contribution in [-0.2, 0) is 6.54 Å². The first kappa shape index (κ1) is 13.8. The van der Waals surface area contributed by atoms with Crippen LogP contribution in [0.3, 0.4) is 0 Å². The van der Waals surface area contributed by atoms with Gasteiger partial charge in [-0.15, -0.1) is 0 Å². The molecule has 0 saturated carbocycles. The number of nitrogens with zero attached hydrogens (tertiary/aromatic N) is 3. The Balaban J connectivity index is 2.19. The fraction of sp³-hybridized carbons (Fsp3) is 0.286. The van der Waals surface area contributed by atoms with Gasteiger partial charge in [-0.2, -0.15) is 0 Å². The van der Waals surface area contributed by atoms with E-state index in [0.717, 1.165) is 24.2 Å². The van der Waals surface area contributed by atoms with Crippen molar-refractivity contribution in [2.24, 2.45) is 0 Å². The molecule has 1 aromatic carbocycles. The van der Waals surface area contributed by atoms with E-state index in [1.54, 1.807) is 7.11 Å². The molecule has 1 heterocycles. The second kappa shape index (κ2) is 7.09. The highest BCUT2D eigenvalue weighted by molar-refractivity contribution is 9.09. The molecule has 0 unspecified atom stereocenters. The third-order valence-electron chi connectivity index (χ3n) is 2.73. The lowest BCUT2D eigenvalue weighted by atomic mass is 10.2. The summed E-state index contributed by atoms with van der Waals surface area (Å²) in [6.45, 7) is 1.68. The van der Waals surface area contributed by atoms with Crippen LogP contribution >= 0.6 is 15.9 Å². The van der Waals surface area contributed by atoms with Gasteiger partial charge < -0.3 is 9.64 Å². The Bertz CT molecular complexity index is 507. The van der Waals surface area contributed by atoms with E-state index in [1.165, 1.54) is 11.9 Å². The summed E-state index contributed by atoms with van der Waals surface area (Å²) in [4.78, 5) is 10.5. The molecule has 2 aromatic rings. The number of hydrogen-bond acceptors (Lipinski definition) is 4. The molecule has 19 heavy (non-hydrogen) atoms. The number of hydrogen-bond donors (Lipinski definition) is 0. The molecule has 1 aromatic heterocycles. The Morgan fingerprint density at radius 2 is 2.00 bits per heavy atom. The number of halogens is 1. The molecule has 0 saturated heterocycles.